The van der Waals surface area contributed by atoms with Gasteiger partial charge in [0.25, 0.3) is 5.91 Å². The molecule has 2 fully saturated rings. The first-order chi connectivity index (χ1) is 12.1. The minimum atomic E-state index is -0.0692. The molecule has 7 heteroatoms. The Labute approximate surface area is 152 Å². The minimum Gasteiger partial charge on any atom is -0.347 e. The first kappa shape index (κ1) is 16.7. The highest BCUT2D eigenvalue weighted by molar-refractivity contribution is 7.09. The SMILES string of the molecule is Cc1cc(C(=O)NC2CCCN(Cc3csc(C4CC4)n3)C2)nn1C. The zero-order valence-electron chi connectivity index (χ0n) is 14.9. The molecule has 3 heterocycles. The van der Waals surface area contributed by atoms with Crippen molar-refractivity contribution in [2.75, 3.05) is 13.1 Å². The van der Waals surface area contributed by atoms with Gasteiger partial charge in [0.15, 0.2) is 0 Å². The highest BCUT2D eigenvalue weighted by atomic mass is 32.1. The van der Waals surface area contributed by atoms with E-state index in [2.05, 4.69) is 20.7 Å². The van der Waals surface area contributed by atoms with Crippen LogP contribution in [0.2, 0.25) is 0 Å². The molecule has 2 aromatic heterocycles. The fraction of sp³-hybridized carbons (Fsp3) is 0.611. The molecule has 1 saturated carbocycles. The Morgan fingerprint density at radius 1 is 1.40 bits per heavy atom. The molecule has 0 radical (unpaired) electrons. The zero-order valence-corrected chi connectivity index (χ0v) is 15.7. The number of nitrogens with one attached hydrogen (secondary N) is 1. The van der Waals surface area contributed by atoms with Gasteiger partial charge in [-0.05, 0) is 45.2 Å². The predicted octanol–water partition coefficient (Wildman–Crippen LogP) is 2.46. The molecular formula is C18H25N5OS. The molecule has 6 nitrogen and oxygen atoms in total. The molecule has 25 heavy (non-hydrogen) atoms. The number of rotatable bonds is 5. The van der Waals surface area contributed by atoms with E-state index in [0.717, 1.165) is 44.1 Å². The predicted molar refractivity (Wildman–Crippen MR) is 97.8 cm³/mol. The van der Waals surface area contributed by atoms with Gasteiger partial charge in [0, 0.05) is 43.2 Å². The third-order valence-corrected chi connectivity index (χ3v) is 6.12. The lowest BCUT2D eigenvalue weighted by Gasteiger charge is -2.32. The summed E-state index contributed by atoms with van der Waals surface area (Å²) in [5.74, 6) is 0.661. The molecule has 1 aliphatic heterocycles. The van der Waals surface area contributed by atoms with Crippen LogP contribution >= 0.6 is 11.3 Å². The van der Waals surface area contributed by atoms with E-state index in [0.29, 0.717) is 5.69 Å². The largest absolute Gasteiger partial charge is 0.347 e. The maximum absolute atomic E-state index is 12.4. The van der Waals surface area contributed by atoms with Crippen molar-refractivity contribution in [1.82, 2.24) is 25.0 Å². The van der Waals surface area contributed by atoms with Crippen molar-refractivity contribution >= 4 is 17.2 Å². The lowest BCUT2D eigenvalue weighted by atomic mass is 10.1. The third kappa shape index (κ3) is 3.93. The van der Waals surface area contributed by atoms with Crippen LogP contribution in [0.25, 0.3) is 0 Å². The molecule has 2 aromatic rings. The molecule has 1 atom stereocenters. The molecule has 4 rings (SSSR count). The molecule has 1 N–H and O–H groups in total. The van der Waals surface area contributed by atoms with Crippen LogP contribution in [0.3, 0.4) is 0 Å². The van der Waals surface area contributed by atoms with Gasteiger partial charge in [0.1, 0.15) is 5.69 Å². The van der Waals surface area contributed by atoms with Crippen LogP contribution in [-0.2, 0) is 13.6 Å². The van der Waals surface area contributed by atoms with Crippen molar-refractivity contribution in [2.45, 2.75) is 51.1 Å². The molecule has 2 aliphatic rings. The Hall–Kier alpha value is -1.73. The van der Waals surface area contributed by atoms with Crippen molar-refractivity contribution in [1.29, 1.82) is 0 Å². The third-order valence-electron chi connectivity index (χ3n) is 5.07. The van der Waals surface area contributed by atoms with E-state index in [-0.39, 0.29) is 11.9 Å². The number of amides is 1. The number of hydrogen-bond acceptors (Lipinski definition) is 5. The summed E-state index contributed by atoms with van der Waals surface area (Å²) in [6.07, 6.45) is 4.74. The normalized spacial score (nSPS) is 21.4. The summed E-state index contributed by atoms with van der Waals surface area (Å²) in [6.45, 7) is 4.80. The Morgan fingerprint density at radius 3 is 2.96 bits per heavy atom. The van der Waals surface area contributed by atoms with Gasteiger partial charge in [-0.1, -0.05) is 0 Å². The number of thiazole rings is 1. The average Bonchev–Trinajstić information content (AvgIpc) is 3.25. The average molecular weight is 359 g/mol. The lowest BCUT2D eigenvalue weighted by Crippen LogP contribution is -2.47. The quantitative estimate of drug-likeness (QED) is 0.891. The van der Waals surface area contributed by atoms with E-state index in [1.807, 2.05) is 20.0 Å². The molecule has 1 saturated heterocycles. The standard InChI is InChI=1S/C18H25N5OS/c1-12-8-16(21-22(12)2)17(24)19-14-4-3-7-23(9-14)10-15-11-25-18(20-15)13-5-6-13/h8,11,13-14H,3-7,9-10H2,1-2H3,(H,19,24). The lowest BCUT2D eigenvalue weighted by molar-refractivity contribution is 0.0894. The van der Waals surface area contributed by atoms with Gasteiger partial charge < -0.3 is 5.32 Å². The summed E-state index contributed by atoms with van der Waals surface area (Å²) in [5, 5.41) is 10.9. The van der Waals surface area contributed by atoms with Gasteiger partial charge in [-0.15, -0.1) is 11.3 Å². The van der Waals surface area contributed by atoms with Crippen LogP contribution in [0.15, 0.2) is 11.4 Å². The number of nitrogens with zero attached hydrogens (tertiary/aromatic N) is 4. The van der Waals surface area contributed by atoms with Crippen LogP contribution in [0.4, 0.5) is 0 Å². The summed E-state index contributed by atoms with van der Waals surface area (Å²) in [7, 11) is 1.86. The fourth-order valence-electron chi connectivity index (χ4n) is 3.39. The van der Waals surface area contributed by atoms with Gasteiger partial charge >= 0.3 is 0 Å². The van der Waals surface area contributed by atoms with Gasteiger partial charge in [0.2, 0.25) is 0 Å². The van der Waals surface area contributed by atoms with Gasteiger partial charge in [-0.3, -0.25) is 14.4 Å². The first-order valence-corrected chi connectivity index (χ1v) is 9.94. The van der Waals surface area contributed by atoms with Crippen LogP contribution in [0.1, 0.15) is 58.5 Å². The second-order valence-corrected chi connectivity index (χ2v) is 8.18. The number of aryl methyl sites for hydroxylation is 2. The second-order valence-electron chi connectivity index (χ2n) is 7.29. The van der Waals surface area contributed by atoms with E-state index >= 15 is 0 Å². The second kappa shape index (κ2) is 6.88. The fourth-order valence-corrected chi connectivity index (χ4v) is 4.37. The highest BCUT2D eigenvalue weighted by Gasteiger charge is 2.27. The number of hydrogen-bond donors (Lipinski definition) is 1. The van der Waals surface area contributed by atoms with Crippen LogP contribution < -0.4 is 5.32 Å². The Morgan fingerprint density at radius 2 is 2.24 bits per heavy atom. The van der Waals surface area contributed by atoms with Crippen molar-refractivity contribution in [3.63, 3.8) is 0 Å². The molecule has 134 valence electrons. The minimum absolute atomic E-state index is 0.0692. The number of aromatic nitrogens is 3. The summed E-state index contributed by atoms with van der Waals surface area (Å²) < 4.78 is 1.74. The van der Waals surface area contributed by atoms with Crippen molar-refractivity contribution in [3.8, 4) is 0 Å². The molecular weight excluding hydrogens is 334 g/mol. The molecule has 1 unspecified atom stereocenters. The Kier molecular flexibility index (Phi) is 4.60. The van der Waals surface area contributed by atoms with E-state index in [4.69, 9.17) is 4.98 Å². The zero-order chi connectivity index (χ0) is 17.4. The van der Waals surface area contributed by atoms with Gasteiger partial charge in [-0.2, -0.15) is 5.10 Å². The molecule has 0 bridgehead atoms. The van der Waals surface area contributed by atoms with Crippen molar-refractivity contribution in [3.05, 3.63) is 33.5 Å². The number of carbonyl (C=O) groups excluding carboxylic acids is 1. The monoisotopic (exact) mass is 359 g/mol. The summed E-state index contributed by atoms with van der Waals surface area (Å²) >= 11 is 1.80. The topological polar surface area (TPSA) is 63.1 Å². The molecule has 0 aromatic carbocycles. The van der Waals surface area contributed by atoms with E-state index < -0.39 is 0 Å². The van der Waals surface area contributed by atoms with E-state index in [1.54, 1.807) is 16.0 Å². The Balaban J connectivity index is 1.33. The van der Waals surface area contributed by atoms with Gasteiger partial charge in [0.05, 0.1) is 10.7 Å². The van der Waals surface area contributed by atoms with Crippen LogP contribution in [-0.4, -0.2) is 44.7 Å². The molecule has 1 aliphatic carbocycles. The summed E-state index contributed by atoms with van der Waals surface area (Å²) in [4.78, 5) is 19.6. The number of piperidine rings is 1. The van der Waals surface area contributed by atoms with Crippen molar-refractivity contribution in [2.24, 2.45) is 7.05 Å². The number of likely N-dealkylation sites (tertiary alicyclic amines) is 1. The van der Waals surface area contributed by atoms with Crippen molar-refractivity contribution < 1.29 is 4.79 Å². The van der Waals surface area contributed by atoms with Gasteiger partial charge in [-0.25, -0.2) is 4.98 Å². The smallest absolute Gasteiger partial charge is 0.272 e. The summed E-state index contributed by atoms with van der Waals surface area (Å²) in [5.41, 5.74) is 2.68. The highest BCUT2D eigenvalue weighted by Crippen LogP contribution is 2.41. The Bertz CT molecular complexity index is 744. The van der Waals surface area contributed by atoms with E-state index in [1.165, 1.54) is 23.5 Å². The summed E-state index contributed by atoms with van der Waals surface area (Å²) in [6, 6.07) is 2.02. The maximum Gasteiger partial charge on any atom is 0.272 e. The maximum atomic E-state index is 12.4. The molecule has 0 spiro atoms. The molecule has 1 amide bonds. The van der Waals surface area contributed by atoms with Crippen LogP contribution in [0, 0.1) is 6.92 Å². The first-order valence-electron chi connectivity index (χ1n) is 9.06. The van der Waals surface area contributed by atoms with E-state index in [9.17, 15) is 4.79 Å². The van der Waals surface area contributed by atoms with Crippen LogP contribution in [0.5, 0.6) is 0 Å². The number of carbonyl (C=O) groups is 1.